The van der Waals surface area contributed by atoms with Crippen LogP contribution in [0.15, 0.2) is 0 Å². The van der Waals surface area contributed by atoms with E-state index >= 15 is 0 Å². The first-order valence-electron chi connectivity index (χ1n) is 3.49. The van der Waals surface area contributed by atoms with E-state index in [0.717, 1.165) is 7.85 Å². The van der Waals surface area contributed by atoms with Gasteiger partial charge in [0.1, 0.15) is 0 Å². The molecule has 0 amide bonds. The first kappa shape index (κ1) is 7.79. The molecule has 1 fully saturated rings. The van der Waals surface area contributed by atoms with E-state index < -0.39 is 0 Å². The fraction of sp³-hybridized carbons (Fsp3) is 1.00. The van der Waals surface area contributed by atoms with Crippen molar-refractivity contribution in [1.29, 1.82) is 0 Å². The molecule has 1 saturated heterocycles. The van der Waals surface area contributed by atoms with Crippen LogP contribution in [0.2, 0.25) is 0 Å². The first-order valence-corrected chi connectivity index (χ1v) is 5.98. The summed E-state index contributed by atoms with van der Waals surface area (Å²) in [4.78, 5) is 2.46. The summed E-state index contributed by atoms with van der Waals surface area (Å²) in [5, 5.41) is 0. The van der Waals surface area contributed by atoms with Crippen LogP contribution in [0, 0.1) is 0 Å². The summed E-state index contributed by atoms with van der Waals surface area (Å²) in [6, 6.07) is 0. The van der Waals surface area contributed by atoms with Crippen LogP contribution in [0.4, 0.5) is 0 Å². The SMILES string of the molecule is CC1CN(C)CC(C)[I-]1. The predicted octanol–water partition coefficient (Wildman–Crippen LogP) is -2.20. The molecule has 0 radical (unpaired) electrons. The summed E-state index contributed by atoms with van der Waals surface area (Å²) in [6.45, 7) is 7.47. The van der Waals surface area contributed by atoms with Crippen LogP contribution in [-0.2, 0) is 0 Å². The molecule has 0 bridgehead atoms. The van der Waals surface area contributed by atoms with Crippen molar-refractivity contribution in [3.8, 4) is 0 Å². The third kappa shape index (κ3) is 2.42. The van der Waals surface area contributed by atoms with Gasteiger partial charge in [-0.25, -0.2) is 0 Å². The van der Waals surface area contributed by atoms with Gasteiger partial charge in [-0.1, -0.05) is 0 Å². The zero-order chi connectivity index (χ0) is 6.85. The Morgan fingerprint density at radius 3 is 2.00 bits per heavy atom. The van der Waals surface area contributed by atoms with Crippen molar-refractivity contribution in [2.24, 2.45) is 0 Å². The van der Waals surface area contributed by atoms with Crippen LogP contribution >= 0.6 is 0 Å². The Labute approximate surface area is 68.1 Å². The van der Waals surface area contributed by atoms with E-state index in [-0.39, 0.29) is 0 Å². The third-order valence-corrected chi connectivity index (χ3v) is 4.80. The Morgan fingerprint density at radius 2 is 1.67 bits per heavy atom. The van der Waals surface area contributed by atoms with Gasteiger partial charge in [-0.15, -0.1) is 0 Å². The molecule has 9 heavy (non-hydrogen) atoms. The average molecular weight is 240 g/mol. The fourth-order valence-electron chi connectivity index (χ4n) is 1.38. The Balaban J connectivity index is 2.34. The minimum absolute atomic E-state index is 0.520. The second kappa shape index (κ2) is 3.19. The summed E-state index contributed by atoms with van der Waals surface area (Å²) in [5.74, 6) is 0. The molecule has 2 unspecified atom stereocenters. The quantitative estimate of drug-likeness (QED) is 0.343. The summed E-state index contributed by atoms with van der Waals surface area (Å²) in [6.07, 6.45) is 0. The average Bonchev–Trinajstić information content (AvgIpc) is 1.59. The molecule has 0 saturated carbocycles. The standard InChI is InChI=1S/C7H15IN/c1-6-4-9(3)5-7(2)8-6/h6-7H,4-5H2,1-3H3/q-1. The Bertz CT molecular complexity index is 69.9. The summed E-state index contributed by atoms with van der Waals surface area (Å²) < 4.78 is 2.05. The molecule has 1 rings (SSSR count). The van der Waals surface area contributed by atoms with Crippen molar-refractivity contribution in [2.75, 3.05) is 20.1 Å². The predicted molar refractivity (Wildman–Crippen MR) is 36.4 cm³/mol. The minimum atomic E-state index is 0.520. The van der Waals surface area contributed by atoms with Crippen LogP contribution < -0.4 is 21.2 Å². The number of halogens is 1. The van der Waals surface area contributed by atoms with Gasteiger partial charge in [-0.05, 0) is 0 Å². The Morgan fingerprint density at radius 1 is 1.22 bits per heavy atom. The number of hydrogen-bond donors (Lipinski definition) is 0. The number of nitrogens with zero attached hydrogens (tertiary/aromatic N) is 1. The van der Waals surface area contributed by atoms with Gasteiger partial charge in [-0.2, -0.15) is 0 Å². The molecular formula is C7H15IN-. The van der Waals surface area contributed by atoms with Gasteiger partial charge in [-0.3, -0.25) is 0 Å². The molecule has 2 atom stereocenters. The molecule has 1 aliphatic rings. The van der Waals surface area contributed by atoms with E-state index in [1.807, 2.05) is 0 Å². The number of rotatable bonds is 0. The zero-order valence-corrected chi connectivity index (χ0v) is 8.55. The van der Waals surface area contributed by atoms with Crippen molar-refractivity contribution in [3.63, 3.8) is 0 Å². The van der Waals surface area contributed by atoms with Crippen molar-refractivity contribution < 1.29 is 21.2 Å². The van der Waals surface area contributed by atoms with Gasteiger partial charge in [0, 0.05) is 0 Å². The number of alkyl halides is 2. The summed E-state index contributed by atoms with van der Waals surface area (Å²) in [5.41, 5.74) is 0. The molecule has 0 aliphatic carbocycles. The maximum atomic E-state index is 2.46. The second-order valence-electron chi connectivity index (χ2n) is 2.91. The van der Waals surface area contributed by atoms with E-state index in [1.165, 1.54) is 13.1 Å². The van der Waals surface area contributed by atoms with Gasteiger partial charge in [0.25, 0.3) is 0 Å². The molecule has 2 heteroatoms. The van der Waals surface area contributed by atoms with Gasteiger partial charge >= 0.3 is 67.9 Å². The molecule has 0 aromatic heterocycles. The normalized spacial score (nSPS) is 39.9. The Hall–Kier alpha value is 0.690. The molecule has 1 aliphatic heterocycles. The van der Waals surface area contributed by atoms with E-state index in [4.69, 9.17) is 0 Å². The van der Waals surface area contributed by atoms with Crippen molar-refractivity contribution in [1.82, 2.24) is 4.90 Å². The fourth-order valence-corrected chi connectivity index (χ4v) is 5.28. The van der Waals surface area contributed by atoms with Crippen LogP contribution in [0.3, 0.4) is 0 Å². The van der Waals surface area contributed by atoms with Crippen molar-refractivity contribution >= 4 is 0 Å². The maximum absolute atomic E-state index is 2.46. The molecule has 0 N–H and O–H groups in total. The molecule has 0 aromatic rings. The molecule has 0 aromatic carbocycles. The van der Waals surface area contributed by atoms with Crippen LogP contribution in [0.5, 0.6) is 0 Å². The van der Waals surface area contributed by atoms with Crippen LogP contribution in [0.25, 0.3) is 0 Å². The van der Waals surface area contributed by atoms with Crippen LogP contribution in [0.1, 0.15) is 13.8 Å². The summed E-state index contributed by atoms with van der Waals surface area (Å²) >= 11 is 0.520. The van der Waals surface area contributed by atoms with E-state index in [9.17, 15) is 0 Å². The Kier molecular flexibility index (Phi) is 2.76. The molecule has 0 spiro atoms. The van der Waals surface area contributed by atoms with Crippen LogP contribution in [-0.4, -0.2) is 32.9 Å². The van der Waals surface area contributed by atoms with Gasteiger partial charge in [0.2, 0.25) is 0 Å². The molecular weight excluding hydrogens is 225 g/mol. The monoisotopic (exact) mass is 240 g/mol. The third-order valence-electron chi connectivity index (χ3n) is 1.56. The zero-order valence-electron chi connectivity index (χ0n) is 6.39. The molecule has 1 nitrogen and oxygen atoms in total. The number of hydrogen-bond acceptors (Lipinski definition) is 1. The summed E-state index contributed by atoms with van der Waals surface area (Å²) in [7, 11) is 2.23. The van der Waals surface area contributed by atoms with Crippen molar-refractivity contribution in [2.45, 2.75) is 21.7 Å². The van der Waals surface area contributed by atoms with E-state index in [0.29, 0.717) is 21.2 Å². The first-order chi connectivity index (χ1) is 4.18. The van der Waals surface area contributed by atoms with Crippen molar-refractivity contribution in [3.05, 3.63) is 0 Å². The topological polar surface area (TPSA) is 3.24 Å². The van der Waals surface area contributed by atoms with E-state index in [2.05, 4.69) is 25.8 Å². The van der Waals surface area contributed by atoms with Gasteiger partial charge in [0.05, 0.1) is 0 Å². The van der Waals surface area contributed by atoms with E-state index in [1.54, 1.807) is 0 Å². The second-order valence-corrected chi connectivity index (χ2v) is 7.88. The molecule has 56 valence electrons. The van der Waals surface area contributed by atoms with Gasteiger partial charge < -0.3 is 0 Å². The molecule has 1 heterocycles. The van der Waals surface area contributed by atoms with Gasteiger partial charge in [0.15, 0.2) is 0 Å².